The van der Waals surface area contributed by atoms with Crippen molar-refractivity contribution >= 4 is 12.0 Å². The van der Waals surface area contributed by atoms with Crippen LogP contribution in [-0.4, -0.2) is 24.8 Å². The van der Waals surface area contributed by atoms with Crippen LogP contribution in [0.3, 0.4) is 0 Å². The van der Waals surface area contributed by atoms with E-state index in [4.69, 9.17) is 19.8 Å². The minimum atomic E-state index is -1.26. The summed E-state index contributed by atoms with van der Waals surface area (Å²) in [7, 11) is 1.52. The molecule has 0 fully saturated rings. The normalized spacial score (nSPS) is 10.6. The second-order valence-electron chi connectivity index (χ2n) is 3.32. The maximum atomic E-state index is 10.7. The van der Waals surface area contributed by atoms with Gasteiger partial charge in [0.25, 0.3) is 0 Å². The van der Waals surface area contributed by atoms with Crippen molar-refractivity contribution in [3.63, 3.8) is 0 Å². The first-order valence-corrected chi connectivity index (χ1v) is 5.28. The largest absolute Gasteiger partial charge is 0.493 e. The Labute approximate surface area is 105 Å². The Kier molecular flexibility index (Phi) is 4.76. The van der Waals surface area contributed by atoms with Crippen molar-refractivity contribution in [1.29, 1.82) is 5.26 Å². The second kappa shape index (κ2) is 6.30. The number of aliphatic carboxylic acids is 1. The number of carboxylic acid groups (broad SMARTS) is 1. The molecule has 5 heteroatoms. The Morgan fingerprint density at radius 3 is 2.72 bits per heavy atom. The molecule has 18 heavy (non-hydrogen) atoms. The van der Waals surface area contributed by atoms with Crippen LogP contribution in [-0.2, 0) is 4.79 Å². The molecule has 0 atom stereocenters. The lowest BCUT2D eigenvalue weighted by Gasteiger charge is -2.09. The molecular weight excluding hydrogens is 234 g/mol. The number of methoxy groups -OCH3 is 1. The van der Waals surface area contributed by atoms with Gasteiger partial charge < -0.3 is 14.6 Å². The lowest BCUT2D eigenvalue weighted by molar-refractivity contribution is -0.132. The van der Waals surface area contributed by atoms with Crippen LogP contribution in [0.15, 0.2) is 23.8 Å². The van der Waals surface area contributed by atoms with Crippen molar-refractivity contribution in [1.82, 2.24) is 0 Å². The van der Waals surface area contributed by atoms with Crippen LogP contribution in [0.4, 0.5) is 0 Å². The fourth-order valence-corrected chi connectivity index (χ4v) is 1.36. The summed E-state index contributed by atoms with van der Waals surface area (Å²) in [5.74, 6) is -0.189. The summed E-state index contributed by atoms with van der Waals surface area (Å²) in [6.07, 6.45) is 1.28. The lowest BCUT2D eigenvalue weighted by Crippen LogP contribution is -1.98. The molecule has 0 saturated carbocycles. The number of hydrogen-bond donors (Lipinski definition) is 1. The standard InChI is InChI=1S/C13H13NO4/c1-3-18-12-7-9(4-5-11(12)17-2)6-10(8-14)13(15)16/h4-7H,3H2,1-2H3,(H,15,16)/b10-6+. The van der Waals surface area contributed by atoms with Gasteiger partial charge in [-0.05, 0) is 30.7 Å². The van der Waals surface area contributed by atoms with Crippen LogP contribution in [0.1, 0.15) is 12.5 Å². The topological polar surface area (TPSA) is 79.5 Å². The number of carboxylic acids is 1. The summed E-state index contributed by atoms with van der Waals surface area (Å²) < 4.78 is 10.5. The molecule has 1 aromatic carbocycles. The predicted molar refractivity (Wildman–Crippen MR) is 65.4 cm³/mol. The summed E-state index contributed by atoms with van der Waals surface area (Å²) in [5.41, 5.74) is 0.237. The van der Waals surface area contributed by atoms with E-state index >= 15 is 0 Å². The quantitative estimate of drug-likeness (QED) is 0.636. The maximum Gasteiger partial charge on any atom is 0.346 e. The number of hydrogen-bond acceptors (Lipinski definition) is 4. The molecule has 0 saturated heterocycles. The molecule has 0 amide bonds. The molecule has 0 spiro atoms. The molecule has 0 aromatic heterocycles. The molecule has 0 bridgehead atoms. The molecule has 5 nitrogen and oxygen atoms in total. The van der Waals surface area contributed by atoms with Crippen molar-refractivity contribution in [3.8, 4) is 17.6 Å². The highest BCUT2D eigenvalue weighted by molar-refractivity contribution is 5.96. The number of nitrogens with zero attached hydrogens (tertiary/aromatic N) is 1. The minimum Gasteiger partial charge on any atom is -0.493 e. The highest BCUT2D eigenvalue weighted by atomic mass is 16.5. The van der Waals surface area contributed by atoms with E-state index in [0.29, 0.717) is 23.7 Å². The van der Waals surface area contributed by atoms with E-state index in [9.17, 15) is 4.79 Å². The number of nitriles is 1. The first kappa shape index (κ1) is 13.6. The molecular formula is C13H13NO4. The SMILES string of the molecule is CCOc1cc(/C=C(\C#N)C(=O)O)ccc1OC. The third-order valence-corrected chi connectivity index (χ3v) is 2.15. The highest BCUT2D eigenvalue weighted by Gasteiger charge is 2.08. The number of ether oxygens (including phenoxy) is 2. The summed E-state index contributed by atoms with van der Waals surface area (Å²) in [6, 6.07) is 6.56. The van der Waals surface area contributed by atoms with Crippen molar-refractivity contribution < 1.29 is 19.4 Å². The van der Waals surface area contributed by atoms with E-state index in [-0.39, 0.29) is 5.57 Å². The number of carbonyl (C=O) groups is 1. The third-order valence-electron chi connectivity index (χ3n) is 2.15. The average molecular weight is 247 g/mol. The van der Waals surface area contributed by atoms with Crippen LogP contribution in [0.5, 0.6) is 11.5 Å². The Hall–Kier alpha value is -2.48. The molecule has 1 rings (SSSR count). The third kappa shape index (κ3) is 3.25. The second-order valence-corrected chi connectivity index (χ2v) is 3.32. The minimum absolute atomic E-state index is 0.331. The number of rotatable bonds is 5. The molecule has 0 aliphatic carbocycles. The van der Waals surface area contributed by atoms with Crippen molar-refractivity contribution in [2.24, 2.45) is 0 Å². The molecule has 0 aliphatic rings. The van der Waals surface area contributed by atoms with E-state index in [0.717, 1.165) is 0 Å². The fraction of sp³-hybridized carbons (Fsp3) is 0.231. The van der Waals surface area contributed by atoms with Crippen LogP contribution in [0.2, 0.25) is 0 Å². The van der Waals surface area contributed by atoms with E-state index < -0.39 is 5.97 Å². The predicted octanol–water partition coefficient (Wildman–Crippen LogP) is 2.09. The van der Waals surface area contributed by atoms with Crippen LogP contribution in [0, 0.1) is 11.3 Å². The molecule has 0 heterocycles. The highest BCUT2D eigenvalue weighted by Crippen LogP contribution is 2.28. The summed E-state index contributed by atoms with van der Waals surface area (Å²) in [4.78, 5) is 10.7. The van der Waals surface area contributed by atoms with Gasteiger partial charge in [0.1, 0.15) is 11.6 Å². The van der Waals surface area contributed by atoms with Gasteiger partial charge in [0.15, 0.2) is 11.5 Å². The fourth-order valence-electron chi connectivity index (χ4n) is 1.36. The zero-order valence-corrected chi connectivity index (χ0v) is 10.1. The average Bonchev–Trinajstić information content (AvgIpc) is 2.36. The van der Waals surface area contributed by atoms with Gasteiger partial charge in [0.05, 0.1) is 13.7 Å². The molecule has 1 aromatic rings. The van der Waals surface area contributed by atoms with Gasteiger partial charge in [-0.15, -0.1) is 0 Å². The van der Waals surface area contributed by atoms with Gasteiger partial charge >= 0.3 is 5.97 Å². The van der Waals surface area contributed by atoms with E-state index in [1.54, 1.807) is 24.3 Å². The van der Waals surface area contributed by atoms with Crippen LogP contribution < -0.4 is 9.47 Å². The summed E-state index contributed by atoms with van der Waals surface area (Å²) >= 11 is 0. The Bertz CT molecular complexity index is 514. The first-order chi connectivity index (χ1) is 8.62. The first-order valence-electron chi connectivity index (χ1n) is 5.28. The van der Waals surface area contributed by atoms with Gasteiger partial charge in [-0.2, -0.15) is 5.26 Å². The van der Waals surface area contributed by atoms with Crippen molar-refractivity contribution in [2.45, 2.75) is 6.92 Å². The van der Waals surface area contributed by atoms with Gasteiger partial charge in [-0.3, -0.25) is 0 Å². The smallest absolute Gasteiger partial charge is 0.346 e. The maximum absolute atomic E-state index is 10.7. The van der Waals surface area contributed by atoms with E-state index in [1.165, 1.54) is 13.2 Å². The van der Waals surface area contributed by atoms with Gasteiger partial charge in [-0.25, -0.2) is 4.79 Å². The zero-order chi connectivity index (χ0) is 13.5. The van der Waals surface area contributed by atoms with Crippen molar-refractivity contribution in [2.75, 3.05) is 13.7 Å². The molecule has 0 radical (unpaired) electrons. The molecule has 0 unspecified atom stereocenters. The van der Waals surface area contributed by atoms with E-state index in [1.807, 2.05) is 6.92 Å². The Balaban J connectivity index is 3.16. The Morgan fingerprint density at radius 1 is 1.50 bits per heavy atom. The van der Waals surface area contributed by atoms with Gasteiger partial charge in [-0.1, -0.05) is 6.07 Å². The zero-order valence-electron chi connectivity index (χ0n) is 10.1. The van der Waals surface area contributed by atoms with Crippen molar-refractivity contribution in [3.05, 3.63) is 29.3 Å². The molecule has 94 valence electrons. The van der Waals surface area contributed by atoms with E-state index in [2.05, 4.69) is 0 Å². The monoisotopic (exact) mass is 247 g/mol. The van der Waals surface area contributed by atoms with Gasteiger partial charge in [0, 0.05) is 0 Å². The molecule has 1 N–H and O–H groups in total. The summed E-state index contributed by atoms with van der Waals surface area (Å²) in [5, 5.41) is 17.4. The lowest BCUT2D eigenvalue weighted by atomic mass is 10.1. The van der Waals surface area contributed by atoms with Crippen LogP contribution in [0.25, 0.3) is 6.08 Å². The summed E-state index contributed by atoms with van der Waals surface area (Å²) in [6.45, 7) is 2.30. The molecule has 0 aliphatic heterocycles. The number of benzene rings is 1. The van der Waals surface area contributed by atoms with Crippen LogP contribution >= 0.6 is 0 Å². The Morgan fingerprint density at radius 2 is 2.22 bits per heavy atom. The van der Waals surface area contributed by atoms with Gasteiger partial charge in [0.2, 0.25) is 0 Å².